The van der Waals surface area contributed by atoms with E-state index in [1.165, 1.54) is 12.8 Å². The molecule has 1 amide bonds. The molecule has 1 saturated carbocycles. The van der Waals surface area contributed by atoms with Crippen molar-refractivity contribution >= 4 is 21.8 Å². The second kappa shape index (κ2) is 7.20. The minimum absolute atomic E-state index is 0.188. The van der Waals surface area contributed by atoms with Crippen molar-refractivity contribution in [1.82, 2.24) is 5.32 Å². The fourth-order valence-electron chi connectivity index (χ4n) is 1.76. The molecule has 0 bridgehead atoms. The van der Waals surface area contributed by atoms with Gasteiger partial charge in [0.25, 0.3) is 5.91 Å². The molecular formula is C15H20BrNO3. The Morgan fingerprint density at radius 2 is 2.30 bits per heavy atom. The lowest BCUT2D eigenvalue weighted by atomic mass is 10.1. The lowest BCUT2D eigenvalue weighted by molar-refractivity contribution is 0.0320. The summed E-state index contributed by atoms with van der Waals surface area (Å²) < 4.78 is 6.28. The molecule has 0 heterocycles. The van der Waals surface area contributed by atoms with Gasteiger partial charge in [-0.2, -0.15) is 0 Å². The molecule has 0 saturated heterocycles. The lowest BCUT2D eigenvalue weighted by Crippen LogP contribution is -2.34. The Kier molecular flexibility index (Phi) is 5.57. The van der Waals surface area contributed by atoms with Gasteiger partial charge in [0, 0.05) is 23.2 Å². The van der Waals surface area contributed by atoms with Crippen LogP contribution in [0, 0.1) is 12.8 Å². The number of hydrogen-bond acceptors (Lipinski definition) is 3. The van der Waals surface area contributed by atoms with E-state index in [4.69, 9.17) is 4.74 Å². The fraction of sp³-hybridized carbons (Fsp3) is 0.533. The third-order valence-electron chi connectivity index (χ3n) is 3.29. The van der Waals surface area contributed by atoms with E-state index in [1.807, 2.05) is 13.0 Å². The maximum Gasteiger partial charge on any atom is 0.251 e. The second-order valence-electron chi connectivity index (χ2n) is 5.31. The zero-order chi connectivity index (χ0) is 14.5. The van der Waals surface area contributed by atoms with Gasteiger partial charge in [-0.25, -0.2) is 0 Å². The first-order chi connectivity index (χ1) is 9.56. The zero-order valence-electron chi connectivity index (χ0n) is 11.6. The third-order valence-corrected chi connectivity index (χ3v) is 4.15. The lowest BCUT2D eigenvalue weighted by Gasteiger charge is -2.12. The van der Waals surface area contributed by atoms with E-state index in [0.29, 0.717) is 11.5 Å². The van der Waals surface area contributed by atoms with Crippen molar-refractivity contribution in [3.8, 4) is 0 Å². The summed E-state index contributed by atoms with van der Waals surface area (Å²) in [5.41, 5.74) is 1.66. The first kappa shape index (κ1) is 15.5. The van der Waals surface area contributed by atoms with Crippen molar-refractivity contribution < 1.29 is 14.6 Å². The molecule has 1 aliphatic carbocycles. The maximum absolute atomic E-state index is 11.9. The number of carbonyl (C=O) groups excluding carboxylic acids is 1. The molecule has 110 valence electrons. The number of aliphatic hydroxyl groups is 1. The SMILES string of the molecule is Cc1ccc(C(=O)NCC(O)COCC2CC2)cc1Br. The highest BCUT2D eigenvalue weighted by molar-refractivity contribution is 9.10. The summed E-state index contributed by atoms with van der Waals surface area (Å²) in [6, 6.07) is 5.43. The smallest absolute Gasteiger partial charge is 0.251 e. The Bertz CT molecular complexity index is 474. The molecule has 20 heavy (non-hydrogen) atoms. The van der Waals surface area contributed by atoms with E-state index in [-0.39, 0.29) is 19.1 Å². The Labute approximate surface area is 127 Å². The van der Waals surface area contributed by atoms with Crippen molar-refractivity contribution in [3.63, 3.8) is 0 Å². The zero-order valence-corrected chi connectivity index (χ0v) is 13.1. The van der Waals surface area contributed by atoms with Crippen molar-refractivity contribution in [3.05, 3.63) is 33.8 Å². The number of ether oxygens (including phenoxy) is 1. The Balaban J connectivity index is 1.71. The summed E-state index contributed by atoms with van der Waals surface area (Å²) in [6.45, 7) is 3.16. The molecule has 1 aromatic rings. The Morgan fingerprint density at radius 3 is 2.95 bits per heavy atom. The topological polar surface area (TPSA) is 58.6 Å². The van der Waals surface area contributed by atoms with Gasteiger partial charge in [-0.1, -0.05) is 22.0 Å². The molecule has 1 fully saturated rings. The predicted octanol–water partition coefficient (Wildman–Crippen LogP) is 2.27. The van der Waals surface area contributed by atoms with Gasteiger partial charge in [0.1, 0.15) is 0 Å². The molecule has 1 aromatic carbocycles. The average Bonchev–Trinajstić information content (AvgIpc) is 3.23. The molecule has 1 aliphatic rings. The highest BCUT2D eigenvalue weighted by atomic mass is 79.9. The van der Waals surface area contributed by atoms with Gasteiger partial charge in [-0.05, 0) is 43.4 Å². The molecule has 1 unspecified atom stereocenters. The predicted molar refractivity (Wildman–Crippen MR) is 80.8 cm³/mol. The van der Waals surface area contributed by atoms with E-state index in [2.05, 4.69) is 21.2 Å². The second-order valence-corrected chi connectivity index (χ2v) is 6.16. The van der Waals surface area contributed by atoms with Crippen molar-refractivity contribution in [2.75, 3.05) is 19.8 Å². The van der Waals surface area contributed by atoms with Crippen LogP contribution in [0.15, 0.2) is 22.7 Å². The minimum atomic E-state index is -0.661. The van der Waals surface area contributed by atoms with Gasteiger partial charge in [-0.3, -0.25) is 4.79 Å². The van der Waals surface area contributed by atoms with E-state index in [1.54, 1.807) is 12.1 Å². The fourth-order valence-corrected chi connectivity index (χ4v) is 2.14. The van der Waals surface area contributed by atoms with Crippen LogP contribution in [0.2, 0.25) is 0 Å². The molecule has 0 spiro atoms. The quantitative estimate of drug-likeness (QED) is 0.799. The van der Waals surface area contributed by atoms with E-state index in [9.17, 15) is 9.90 Å². The average molecular weight is 342 g/mol. The van der Waals surface area contributed by atoms with Crippen molar-refractivity contribution in [1.29, 1.82) is 0 Å². The third kappa shape index (κ3) is 4.89. The summed E-state index contributed by atoms with van der Waals surface area (Å²) in [6.07, 6.45) is 1.80. The van der Waals surface area contributed by atoms with Crippen LogP contribution in [-0.2, 0) is 4.74 Å². The normalized spacial score (nSPS) is 15.9. The standard InChI is InChI=1S/C15H20BrNO3/c1-10-2-5-12(6-14(10)16)15(19)17-7-13(18)9-20-8-11-3-4-11/h2,5-6,11,13,18H,3-4,7-9H2,1H3,(H,17,19). The number of hydrogen-bond donors (Lipinski definition) is 2. The van der Waals surface area contributed by atoms with Crippen molar-refractivity contribution in [2.45, 2.75) is 25.9 Å². The van der Waals surface area contributed by atoms with Gasteiger partial charge in [-0.15, -0.1) is 0 Å². The van der Waals surface area contributed by atoms with Gasteiger partial charge < -0.3 is 15.2 Å². The summed E-state index contributed by atoms with van der Waals surface area (Å²) >= 11 is 3.40. The van der Waals surface area contributed by atoms with Gasteiger partial charge in [0.2, 0.25) is 0 Å². The Morgan fingerprint density at radius 1 is 1.55 bits per heavy atom. The molecule has 2 N–H and O–H groups in total. The van der Waals surface area contributed by atoms with Crippen LogP contribution in [-0.4, -0.2) is 36.9 Å². The highest BCUT2D eigenvalue weighted by Gasteiger charge is 2.21. The van der Waals surface area contributed by atoms with Gasteiger partial charge in [0.15, 0.2) is 0 Å². The van der Waals surface area contributed by atoms with E-state index < -0.39 is 6.10 Å². The molecule has 0 aliphatic heterocycles. The molecule has 1 atom stereocenters. The summed E-state index contributed by atoms with van der Waals surface area (Å²) in [7, 11) is 0. The van der Waals surface area contributed by atoms with E-state index >= 15 is 0 Å². The molecule has 5 heteroatoms. The van der Waals surface area contributed by atoms with Crippen LogP contribution in [0.3, 0.4) is 0 Å². The van der Waals surface area contributed by atoms with Crippen LogP contribution in [0.1, 0.15) is 28.8 Å². The van der Waals surface area contributed by atoms with Crippen LogP contribution in [0.4, 0.5) is 0 Å². The van der Waals surface area contributed by atoms with Crippen molar-refractivity contribution in [2.24, 2.45) is 5.92 Å². The first-order valence-electron chi connectivity index (χ1n) is 6.86. The molecule has 2 rings (SSSR count). The minimum Gasteiger partial charge on any atom is -0.389 e. The van der Waals surface area contributed by atoms with Gasteiger partial charge in [0.05, 0.1) is 12.7 Å². The number of aliphatic hydroxyl groups excluding tert-OH is 1. The number of nitrogens with one attached hydrogen (secondary N) is 1. The highest BCUT2D eigenvalue weighted by Crippen LogP contribution is 2.28. The number of rotatable bonds is 7. The first-order valence-corrected chi connectivity index (χ1v) is 7.65. The number of amides is 1. The molecule has 0 radical (unpaired) electrons. The Hall–Kier alpha value is -0.910. The summed E-state index contributed by atoms with van der Waals surface area (Å²) in [5.74, 6) is 0.494. The largest absolute Gasteiger partial charge is 0.389 e. The van der Waals surface area contributed by atoms with Crippen LogP contribution >= 0.6 is 15.9 Å². The number of halogens is 1. The van der Waals surface area contributed by atoms with Crippen LogP contribution in [0.25, 0.3) is 0 Å². The van der Waals surface area contributed by atoms with Crippen LogP contribution in [0.5, 0.6) is 0 Å². The molecule has 0 aromatic heterocycles. The van der Waals surface area contributed by atoms with Crippen LogP contribution < -0.4 is 5.32 Å². The summed E-state index contributed by atoms with van der Waals surface area (Å²) in [5, 5.41) is 12.4. The monoisotopic (exact) mass is 341 g/mol. The molecular weight excluding hydrogens is 322 g/mol. The summed E-state index contributed by atoms with van der Waals surface area (Å²) in [4.78, 5) is 11.9. The number of carbonyl (C=O) groups is 1. The maximum atomic E-state index is 11.9. The van der Waals surface area contributed by atoms with E-state index in [0.717, 1.165) is 16.6 Å². The van der Waals surface area contributed by atoms with Gasteiger partial charge >= 0.3 is 0 Å². The number of benzene rings is 1. The number of aryl methyl sites for hydroxylation is 1. The molecule has 4 nitrogen and oxygen atoms in total.